The molecule has 57 heavy (non-hydrogen) atoms. The zero-order valence-electron chi connectivity index (χ0n) is 32.8. The summed E-state index contributed by atoms with van der Waals surface area (Å²) in [5.41, 5.74) is 3.18. The molecule has 2 heterocycles. The molecule has 1 fully saturated rings. The quantitative estimate of drug-likeness (QED) is 0.0541. The van der Waals surface area contributed by atoms with Crippen LogP contribution in [0.15, 0.2) is 101 Å². The maximum atomic E-state index is 14.5. The number of amides is 1. The average molecular weight is 799 g/mol. The molecule has 1 saturated carbocycles. The van der Waals surface area contributed by atoms with E-state index in [-0.39, 0.29) is 50.3 Å². The predicted octanol–water partition coefficient (Wildman–Crippen LogP) is 7.62. The molecule has 0 bridgehead atoms. The molecule has 2 aliphatic heterocycles. The number of allylic oxidation sites excluding steroid dienone is 1. The van der Waals surface area contributed by atoms with Gasteiger partial charge in [-0.3, -0.25) is 4.79 Å². The van der Waals surface area contributed by atoms with Crippen molar-refractivity contribution < 1.29 is 43.5 Å². The highest BCUT2D eigenvalue weighted by atomic mass is 32.2. The van der Waals surface area contributed by atoms with Gasteiger partial charge in [-0.15, -0.1) is 18.3 Å². The zero-order valence-corrected chi connectivity index (χ0v) is 33.7. The summed E-state index contributed by atoms with van der Waals surface area (Å²) in [6.07, 6.45) is 9.14. The average Bonchev–Trinajstić information content (AvgIpc) is 3.71. The van der Waals surface area contributed by atoms with E-state index in [0.29, 0.717) is 48.7 Å². The Kier molecular flexibility index (Phi) is 13.5. The number of rotatable bonds is 19. The van der Waals surface area contributed by atoms with Crippen molar-refractivity contribution in [2.75, 3.05) is 53.1 Å². The molecule has 0 saturated heterocycles. The van der Waals surface area contributed by atoms with E-state index in [9.17, 15) is 15.0 Å². The maximum Gasteiger partial charge on any atom is 0.254 e. The number of hydrogen-bond donors (Lipinski definition) is 2. The number of ether oxygens (including phenoxy) is 5. The fraction of sp³-hybridized carbons (Fsp3) is 0.467. The number of likely N-dealkylation sites (N-methyl/N-ethyl adjacent to an activating group) is 1. The summed E-state index contributed by atoms with van der Waals surface area (Å²) in [4.78, 5) is 23.0. The van der Waals surface area contributed by atoms with Gasteiger partial charge < -0.3 is 43.6 Å². The summed E-state index contributed by atoms with van der Waals surface area (Å²) in [6, 6.07) is 20.9. The lowest BCUT2D eigenvalue weighted by molar-refractivity contribution is -0.252. The number of thioether (sulfide) groups is 1. The fourth-order valence-electron chi connectivity index (χ4n) is 9.14. The molecule has 3 aromatic carbocycles. The number of fused-ring (bicyclic) bond motifs is 3. The second-order valence-corrected chi connectivity index (χ2v) is 16.1. The summed E-state index contributed by atoms with van der Waals surface area (Å²) < 4.78 is 31.8. The Labute approximate surface area is 339 Å². The monoisotopic (exact) mass is 798 g/mol. The van der Waals surface area contributed by atoms with Crippen LogP contribution in [0.5, 0.6) is 23.0 Å². The van der Waals surface area contributed by atoms with Crippen LogP contribution in [0.25, 0.3) is 0 Å². The van der Waals surface area contributed by atoms with Crippen LogP contribution in [-0.4, -0.2) is 91.7 Å². The van der Waals surface area contributed by atoms with Crippen LogP contribution in [-0.2, 0) is 9.57 Å². The molecule has 6 unspecified atom stereocenters. The highest BCUT2D eigenvalue weighted by molar-refractivity contribution is 7.99. The van der Waals surface area contributed by atoms with Gasteiger partial charge in [0.25, 0.3) is 5.91 Å². The van der Waals surface area contributed by atoms with E-state index in [1.54, 1.807) is 55.1 Å². The molecule has 2 N–H and O–H groups in total. The standard InChI is InChI=1S/C45H54N2O9S/c1-4-22-55-45-41(47(2)44(50)31-16-18-39-40(26-31)54-29-53-39)28-37(46-51-3)35-25-30(12-8-10-20-48)34(15-9-11-21-49)42(43(35)45)36-27-32(17-19-38(36)56-45)52-23-24-57-33-13-6-5-7-14-33/h4-7,13-14,16-19,25-27,30,34,41-43,48-49H,1,8-12,15,20-24,28-29H2,2-3H3. The van der Waals surface area contributed by atoms with E-state index in [1.807, 2.05) is 30.3 Å². The van der Waals surface area contributed by atoms with Crippen LogP contribution in [0.4, 0.5) is 0 Å². The van der Waals surface area contributed by atoms with Crippen molar-refractivity contribution in [2.24, 2.45) is 22.9 Å². The van der Waals surface area contributed by atoms with Gasteiger partial charge in [0.2, 0.25) is 12.6 Å². The Morgan fingerprint density at radius 3 is 2.54 bits per heavy atom. The smallest absolute Gasteiger partial charge is 0.254 e. The third-order valence-corrected chi connectivity index (χ3v) is 12.6. The van der Waals surface area contributed by atoms with Gasteiger partial charge in [0.05, 0.1) is 24.8 Å². The van der Waals surface area contributed by atoms with Crippen molar-refractivity contribution in [3.8, 4) is 23.0 Å². The molecular formula is C45H54N2O9S. The first-order chi connectivity index (χ1) is 27.9. The Morgan fingerprint density at radius 2 is 1.77 bits per heavy atom. The normalized spacial score (nSPS) is 24.8. The first-order valence-corrected chi connectivity index (χ1v) is 21.0. The fourth-order valence-corrected chi connectivity index (χ4v) is 9.89. The van der Waals surface area contributed by atoms with Gasteiger partial charge in [0.1, 0.15) is 24.7 Å². The Balaban J connectivity index is 1.33. The molecule has 304 valence electrons. The predicted molar refractivity (Wildman–Crippen MR) is 219 cm³/mol. The molecule has 2 aliphatic carbocycles. The van der Waals surface area contributed by atoms with Crippen LogP contribution in [0.1, 0.15) is 66.8 Å². The minimum Gasteiger partial charge on any atom is -0.493 e. The molecule has 0 radical (unpaired) electrons. The number of hydrogen-bond acceptors (Lipinski definition) is 11. The van der Waals surface area contributed by atoms with Crippen LogP contribution in [0.3, 0.4) is 0 Å². The molecule has 3 aromatic rings. The number of aliphatic hydroxyl groups is 2. The van der Waals surface area contributed by atoms with E-state index < -0.39 is 17.7 Å². The highest BCUT2D eigenvalue weighted by Gasteiger charge is 2.65. The van der Waals surface area contributed by atoms with Crippen molar-refractivity contribution in [2.45, 2.75) is 67.6 Å². The van der Waals surface area contributed by atoms with Crippen molar-refractivity contribution in [1.82, 2.24) is 4.90 Å². The molecule has 0 spiro atoms. The minimum atomic E-state index is -1.34. The topological polar surface area (TPSA) is 129 Å². The summed E-state index contributed by atoms with van der Waals surface area (Å²) >= 11 is 1.75. The van der Waals surface area contributed by atoms with Gasteiger partial charge in [0.15, 0.2) is 11.5 Å². The van der Waals surface area contributed by atoms with Gasteiger partial charge in [-0.2, -0.15) is 0 Å². The zero-order chi connectivity index (χ0) is 39.8. The molecule has 4 aliphatic rings. The van der Waals surface area contributed by atoms with Crippen LogP contribution < -0.4 is 18.9 Å². The lowest BCUT2D eigenvalue weighted by Crippen LogP contribution is -2.69. The first-order valence-electron chi connectivity index (χ1n) is 20.0. The number of unbranched alkanes of at least 4 members (excludes halogenated alkanes) is 2. The number of aliphatic hydroxyl groups excluding tert-OH is 2. The van der Waals surface area contributed by atoms with Crippen molar-refractivity contribution in [1.29, 1.82) is 0 Å². The second-order valence-electron chi connectivity index (χ2n) is 14.9. The van der Waals surface area contributed by atoms with E-state index in [0.717, 1.165) is 54.0 Å². The van der Waals surface area contributed by atoms with Crippen LogP contribution in [0, 0.1) is 17.8 Å². The van der Waals surface area contributed by atoms with Gasteiger partial charge in [-0.25, -0.2) is 0 Å². The first kappa shape index (κ1) is 40.7. The molecule has 0 aromatic heterocycles. The SMILES string of the molecule is C=CCOC12Oc3ccc(OCCSc4ccccc4)cc3C3C(CCCCO)C(CCCCO)C=C(C(=NOC)CC1N(C)C(=O)c1ccc4c(c1)OCO4)C32. The lowest BCUT2D eigenvalue weighted by atomic mass is 9.55. The third-order valence-electron chi connectivity index (χ3n) is 11.6. The highest BCUT2D eigenvalue weighted by Crippen LogP contribution is 2.62. The van der Waals surface area contributed by atoms with E-state index in [4.69, 9.17) is 28.5 Å². The Hall–Kier alpha value is -4.49. The largest absolute Gasteiger partial charge is 0.493 e. The number of nitrogens with zero attached hydrogens (tertiary/aromatic N) is 2. The number of benzene rings is 3. The minimum absolute atomic E-state index is 0.103. The summed E-state index contributed by atoms with van der Waals surface area (Å²) in [7, 11) is 3.33. The van der Waals surface area contributed by atoms with Crippen LogP contribution in [0.2, 0.25) is 0 Å². The van der Waals surface area contributed by atoms with Crippen molar-refractivity contribution >= 4 is 23.4 Å². The Morgan fingerprint density at radius 1 is 1.00 bits per heavy atom. The van der Waals surface area contributed by atoms with Gasteiger partial charge >= 0.3 is 0 Å². The molecule has 6 atom stereocenters. The number of carbonyl (C=O) groups excluding carboxylic acids is 1. The molecule has 7 rings (SSSR count). The van der Waals surface area contributed by atoms with Gasteiger partial charge in [0, 0.05) is 54.4 Å². The van der Waals surface area contributed by atoms with Crippen molar-refractivity contribution in [3.05, 3.63) is 102 Å². The number of oxime groups is 1. The van der Waals surface area contributed by atoms with E-state index in [1.165, 1.54) is 4.90 Å². The third kappa shape index (κ3) is 8.55. The molecule has 12 heteroatoms. The Bertz CT molecular complexity index is 1920. The lowest BCUT2D eigenvalue weighted by Gasteiger charge is -2.59. The van der Waals surface area contributed by atoms with Crippen LogP contribution >= 0.6 is 11.8 Å². The molecular weight excluding hydrogens is 745 g/mol. The van der Waals surface area contributed by atoms with E-state index in [2.05, 4.69) is 36.0 Å². The summed E-state index contributed by atoms with van der Waals surface area (Å²) in [6.45, 7) is 5.05. The second kappa shape index (κ2) is 18.8. The molecule has 11 nitrogen and oxygen atoms in total. The maximum absolute atomic E-state index is 14.5. The molecule has 1 amide bonds. The summed E-state index contributed by atoms with van der Waals surface area (Å²) in [5.74, 6) is 1.46. The van der Waals surface area contributed by atoms with Gasteiger partial charge in [-0.1, -0.05) is 48.3 Å². The van der Waals surface area contributed by atoms with Gasteiger partial charge in [-0.05, 0) is 91.6 Å². The van der Waals surface area contributed by atoms with E-state index >= 15 is 0 Å². The van der Waals surface area contributed by atoms with Crippen molar-refractivity contribution in [3.63, 3.8) is 0 Å². The summed E-state index contributed by atoms with van der Waals surface area (Å²) in [5, 5.41) is 24.3. The number of carbonyl (C=O) groups is 1.